The third-order valence-corrected chi connectivity index (χ3v) is 3.84. The summed E-state index contributed by atoms with van der Waals surface area (Å²) >= 11 is 0. The first-order valence-corrected chi connectivity index (χ1v) is 7.54. The summed E-state index contributed by atoms with van der Waals surface area (Å²) in [6.45, 7) is 0. The molecular weight excluding hydrogens is 321 g/mol. The maximum absolute atomic E-state index is 13.7. The van der Waals surface area contributed by atoms with E-state index < -0.39 is 11.7 Å². The van der Waals surface area contributed by atoms with E-state index in [9.17, 15) is 9.18 Å². The number of anilines is 1. The van der Waals surface area contributed by atoms with Gasteiger partial charge in [0.15, 0.2) is 0 Å². The maximum Gasteiger partial charge on any atom is 0.257 e. The van der Waals surface area contributed by atoms with Crippen molar-refractivity contribution in [2.45, 2.75) is 0 Å². The number of hydrogen-bond acceptors (Lipinski definition) is 4. The average molecular weight is 333 g/mol. The Morgan fingerprint density at radius 2 is 1.88 bits per heavy atom. The largest absolute Gasteiger partial charge is 0.321 e. The topological polar surface area (TPSA) is 72.7 Å². The summed E-state index contributed by atoms with van der Waals surface area (Å²) in [6, 6.07) is 17.2. The zero-order chi connectivity index (χ0) is 17.2. The Balaban J connectivity index is 1.75. The van der Waals surface area contributed by atoms with Gasteiger partial charge in [-0.3, -0.25) is 4.79 Å². The number of carbonyl (C=O) groups is 1. The first-order chi connectivity index (χ1) is 12.2. The zero-order valence-electron chi connectivity index (χ0n) is 12.9. The molecule has 7 heteroatoms. The SMILES string of the molecule is O=C(Nc1cccc2ccccc12)c1cc(F)ccc1-n1cnnn1. The summed E-state index contributed by atoms with van der Waals surface area (Å²) in [5, 5.41) is 15.6. The number of benzene rings is 3. The molecule has 4 aromatic rings. The molecule has 0 fully saturated rings. The van der Waals surface area contributed by atoms with Crippen molar-refractivity contribution >= 4 is 22.4 Å². The molecule has 4 rings (SSSR count). The summed E-state index contributed by atoms with van der Waals surface area (Å²) < 4.78 is 15.0. The summed E-state index contributed by atoms with van der Waals surface area (Å²) in [4.78, 5) is 12.8. The highest BCUT2D eigenvalue weighted by molar-refractivity contribution is 6.10. The predicted molar refractivity (Wildman–Crippen MR) is 91.0 cm³/mol. The van der Waals surface area contributed by atoms with E-state index in [1.165, 1.54) is 23.1 Å². The van der Waals surface area contributed by atoms with E-state index in [0.29, 0.717) is 11.4 Å². The smallest absolute Gasteiger partial charge is 0.257 e. The van der Waals surface area contributed by atoms with Crippen LogP contribution in [0.25, 0.3) is 16.5 Å². The summed E-state index contributed by atoms with van der Waals surface area (Å²) in [5.41, 5.74) is 1.18. The van der Waals surface area contributed by atoms with E-state index in [4.69, 9.17) is 0 Å². The second-order valence-electron chi connectivity index (χ2n) is 5.40. The molecular formula is C18H12FN5O. The van der Waals surface area contributed by atoms with Gasteiger partial charge < -0.3 is 5.32 Å². The molecule has 0 radical (unpaired) electrons. The summed E-state index contributed by atoms with van der Waals surface area (Å²) in [7, 11) is 0. The molecule has 0 aliphatic carbocycles. The lowest BCUT2D eigenvalue weighted by molar-refractivity contribution is 0.102. The number of rotatable bonds is 3. The van der Waals surface area contributed by atoms with Gasteiger partial charge in [-0.05, 0) is 40.1 Å². The van der Waals surface area contributed by atoms with Crippen LogP contribution in [0.1, 0.15) is 10.4 Å². The molecule has 0 unspecified atom stereocenters. The summed E-state index contributed by atoms with van der Waals surface area (Å²) in [6.07, 6.45) is 1.35. The molecule has 0 aliphatic rings. The molecule has 3 aromatic carbocycles. The minimum Gasteiger partial charge on any atom is -0.321 e. The quantitative estimate of drug-likeness (QED) is 0.625. The molecule has 1 aromatic heterocycles. The average Bonchev–Trinajstić information content (AvgIpc) is 3.16. The van der Waals surface area contributed by atoms with Gasteiger partial charge in [0.05, 0.1) is 11.3 Å². The Hall–Kier alpha value is -3.61. The molecule has 0 atom stereocenters. The van der Waals surface area contributed by atoms with Crippen molar-refractivity contribution in [2.75, 3.05) is 5.32 Å². The van der Waals surface area contributed by atoms with E-state index in [1.54, 1.807) is 6.07 Å². The molecule has 0 spiro atoms. The van der Waals surface area contributed by atoms with Crippen LogP contribution >= 0.6 is 0 Å². The van der Waals surface area contributed by atoms with Crippen molar-refractivity contribution in [2.24, 2.45) is 0 Å². The number of carbonyl (C=O) groups excluding carboxylic acids is 1. The molecule has 0 saturated carbocycles. The number of fused-ring (bicyclic) bond motifs is 1. The highest BCUT2D eigenvalue weighted by Crippen LogP contribution is 2.24. The van der Waals surface area contributed by atoms with E-state index in [1.807, 2.05) is 36.4 Å². The number of nitrogens with one attached hydrogen (secondary N) is 1. The normalized spacial score (nSPS) is 10.8. The number of hydrogen-bond donors (Lipinski definition) is 1. The second kappa shape index (κ2) is 6.12. The lowest BCUT2D eigenvalue weighted by atomic mass is 10.1. The molecule has 0 saturated heterocycles. The Morgan fingerprint density at radius 1 is 1.04 bits per heavy atom. The van der Waals surface area contributed by atoms with Gasteiger partial charge in [-0.15, -0.1) is 5.10 Å². The van der Waals surface area contributed by atoms with Crippen LogP contribution < -0.4 is 5.32 Å². The van der Waals surface area contributed by atoms with Crippen LogP contribution in [-0.2, 0) is 0 Å². The third kappa shape index (κ3) is 2.83. The Bertz CT molecular complexity index is 1060. The van der Waals surface area contributed by atoms with Crippen molar-refractivity contribution in [1.82, 2.24) is 20.2 Å². The van der Waals surface area contributed by atoms with E-state index in [2.05, 4.69) is 20.8 Å². The van der Waals surface area contributed by atoms with Gasteiger partial charge in [0, 0.05) is 11.1 Å². The van der Waals surface area contributed by atoms with Gasteiger partial charge in [0.2, 0.25) is 0 Å². The van der Waals surface area contributed by atoms with Gasteiger partial charge in [0.25, 0.3) is 5.91 Å². The fourth-order valence-electron chi connectivity index (χ4n) is 2.69. The number of aromatic nitrogens is 4. The molecule has 1 N–H and O–H groups in total. The minimum absolute atomic E-state index is 0.139. The van der Waals surface area contributed by atoms with Crippen molar-refractivity contribution in [3.8, 4) is 5.69 Å². The maximum atomic E-state index is 13.7. The molecule has 1 heterocycles. The Morgan fingerprint density at radius 3 is 2.72 bits per heavy atom. The molecule has 0 aliphatic heterocycles. The van der Waals surface area contributed by atoms with Gasteiger partial charge in [-0.1, -0.05) is 36.4 Å². The molecule has 0 bridgehead atoms. The van der Waals surface area contributed by atoms with Crippen molar-refractivity contribution in [3.63, 3.8) is 0 Å². The number of amides is 1. The first kappa shape index (κ1) is 14.9. The predicted octanol–water partition coefficient (Wildman–Crippen LogP) is 3.21. The summed E-state index contributed by atoms with van der Waals surface area (Å²) in [5.74, 6) is -0.957. The van der Waals surface area contributed by atoms with Crippen molar-refractivity contribution in [1.29, 1.82) is 0 Å². The lowest BCUT2D eigenvalue weighted by Gasteiger charge is -2.11. The van der Waals surface area contributed by atoms with Gasteiger partial charge in [-0.25, -0.2) is 4.39 Å². The van der Waals surface area contributed by atoms with Crippen LogP contribution in [0.4, 0.5) is 10.1 Å². The lowest BCUT2D eigenvalue weighted by Crippen LogP contribution is -2.16. The minimum atomic E-state index is -0.514. The highest BCUT2D eigenvalue weighted by atomic mass is 19.1. The molecule has 1 amide bonds. The Kier molecular flexibility index (Phi) is 3.66. The second-order valence-corrected chi connectivity index (χ2v) is 5.40. The number of halogens is 1. The van der Waals surface area contributed by atoms with E-state index in [0.717, 1.165) is 16.8 Å². The third-order valence-electron chi connectivity index (χ3n) is 3.84. The van der Waals surface area contributed by atoms with E-state index in [-0.39, 0.29) is 5.56 Å². The van der Waals surface area contributed by atoms with Crippen molar-refractivity contribution in [3.05, 3.63) is 78.4 Å². The monoisotopic (exact) mass is 333 g/mol. The van der Waals surface area contributed by atoms with Crippen molar-refractivity contribution < 1.29 is 9.18 Å². The fraction of sp³-hybridized carbons (Fsp3) is 0. The van der Waals surface area contributed by atoms with Gasteiger partial charge >= 0.3 is 0 Å². The molecule has 6 nitrogen and oxygen atoms in total. The molecule has 122 valence electrons. The van der Waals surface area contributed by atoms with Crippen LogP contribution in [0.5, 0.6) is 0 Å². The van der Waals surface area contributed by atoms with E-state index >= 15 is 0 Å². The Labute approximate surface area is 141 Å². The number of nitrogens with zero attached hydrogens (tertiary/aromatic N) is 4. The van der Waals surface area contributed by atoms with Crippen LogP contribution in [0.15, 0.2) is 67.0 Å². The van der Waals surface area contributed by atoms with Crippen LogP contribution in [-0.4, -0.2) is 26.1 Å². The van der Waals surface area contributed by atoms with Crippen LogP contribution in [0.2, 0.25) is 0 Å². The number of tetrazole rings is 1. The van der Waals surface area contributed by atoms with Crippen LogP contribution in [0, 0.1) is 5.82 Å². The van der Waals surface area contributed by atoms with Gasteiger partial charge in [-0.2, -0.15) is 4.68 Å². The molecule has 25 heavy (non-hydrogen) atoms. The highest BCUT2D eigenvalue weighted by Gasteiger charge is 2.16. The zero-order valence-corrected chi connectivity index (χ0v) is 12.9. The van der Waals surface area contributed by atoms with Gasteiger partial charge in [0.1, 0.15) is 12.1 Å². The standard InChI is InChI=1S/C18H12FN5O/c19-13-8-9-17(24-11-20-22-23-24)15(10-13)18(25)21-16-7-3-5-12-4-1-2-6-14(12)16/h1-11H,(H,21,25). The van der Waals surface area contributed by atoms with Crippen LogP contribution in [0.3, 0.4) is 0 Å². The fourth-order valence-corrected chi connectivity index (χ4v) is 2.69. The first-order valence-electron chi connectivity index (χ1n) is 7.54.